The van der Waals surface area contributed by atoms with Crippen molar-refractivity contribution in [2.24, 2.45) is 5.41 Å². The van der Waals surface area contributed by atoms with Gasteiger partial charge in [0.05, 0.1) is 6.10 Å². The minimum absolute atomic E-state index is 0.206. The van der Waals surface area contributed by atoms with Crippen LogP contribution in [0.1, 0.15) is 51.3 Å². The summed E-state index contributed by atoms with van der Waals surface area (Å²) in [5.41, 5.74) is 3.92. The Morgan fingerprint density at radius 1 is 1.29 bits per heavy atom. The van der Waals surface area contributed by atoms with E-state index in [9.17, 15) is 9.50 Å². The SMILES string of the molecule is Cc1cc(N2CC=C(C(C)(C)C)CC2)c(C(C)O)cc1F. The van der Waals surface area contributed by atoms with E-state index in [0.717, 1.165) is 25.2 Å². The second kappa shape index (κ2) is 5.80. The molecule has 1 aliphatic rings. The first-order valence-electron chi connectivity index (χ1n) is 7.62. The molecular weight excluding hydrogens is 265 g/mol. The Labute approximate surface area is 127 Å². The number of aryl methyl sites for hydroxylation is 1. The quantitative estimate of drug-likeness (QED) is 0.818. The van der Waals surface area contributed by atoms with Crippen molar-refractivity contribution < 1.29 is 9.50 Å². The first-order valence-corrected chi connectivity index (χ1v) is 7.62. The first kappa shape index (κ1) is 16.0. The Kier molecular flexibility index (Phi) is 4.43. The van der Waals surface area contributed by atoms with Gasteiger partial charge in [-0.15, -0.1) is 0 Å². The third-order valence-electron chi connectivity index (χ3n) is 4.27. The molecule has 0 aromatic heterocycles. The predicted octanol–water partition coefficient (Wildman–Crippen LogP) is 4.37. The lowest BCUT2D eigenvalue weighted by molar-refractivity contribution is 0.199. The van der Waals surface area contributed by atoms with Gasteiger partial charge in [0, 0.05) is 24.3 Å². The highest BCUT2D eigenvalue weighted by molar-refractivity contribution is 5.58. The molecule has 0 spiro atoms. The lowest BCUT2D eigenvalue weighted by Gasteiger charge is -2.35. The van der Waals surface area contributed by atoms with Crippen LogP contribution in [0.4, 0.5) is 10.1 Å². The Balaban J connectivity index is 2.32. The molecule has 21 heavy (non-hydrogen) atoms. The van der Waals surface area contributed by atoms with Gasteiger partial charge in [-0.3, -0.25) is 0 Å². The number of anilines is 1. The summed E-state index contributed by atoms with van der Waals surface area (Å²) in [6.07, 6.45) is 2.62. The van der Waals surface area contributed by atoms with Crippen LogP contribution in [0.3, 0.4) is 0 Å². The third-order valence-corrected chi connectivity index (χ3v) is 4.27. The van der Waals surface area contributed by atoms with Crippen LogP contribution in [-0.4, -0.2) is 18.2 Å². The van der Waals surface area contributed by atoms with E-state index in [0.29, 0.717) is 11.1 Å². The van der Waals surface area contributed by atoms with E-state index in [2.05, 4.69) is 31.7 Å². The van der Waals surface area contributed by atoms with Crippen molar-refractivity contribution in [3.8, 4) is 0 Å². The van der Waals surface area contributed by atoms with Gasteiger partial charge in [-0.05, 0) is 43.4 Å². The molecule has 1 aromatic carbocycles. The molecule has 0 amide bonds. The number of nitrogens with zero attached hydrogens (tertiary/aromatic N) is 1. The van der Waals surface area contributed by atoms with Crippen LogP contribution < -0.4 is 4.90 Å². The van der Waals surface area contributed by atoms with Gasteiger partial charge in [0.15, 0.2) is 0 Å². The molecule has 1 unspecified atom stereocenters. The zero-order chi connectivity index (χ0) is 15.8. The third kappa shape index (κ3) is 3.46. The monoisotopic (exact) mass is 291 g/mol. The largest absolute Gasteiger partial charge is 0.389 e. The summed E-state index contributed by atoms with van der Waals surface area (Å²) >= 11 is 0. The highest BCUT2D eigenvalue weighted by atomic mass is 19.1. The normalized spacial score (nSPS) is 17.7. The average Bonchev–Trinajstić information content (AvgIpc) is 2.40. The fraction of sp³-hybridized carbons (Fsp3) is 0.556. The molecule has 0 saturated heterocycles. The molecular formula is C18H26FNO. The summed E-state index contributed by atoms with van der Waals surface area (Å²) < 4.78 is 13.8. The summed E-state index contributed by atoms with van der Waals surface area (Å²) in [4.78, 5) is 2.23. The maximum atomic E-state index is 13.8. The summed E-state index contributed by atoms with van der Waals surface area (Å²) in [5.74, 6) is -0.252. The number of hydrogen-bond donors (Lipinski definition) is 1. The van der Waals surface area contributed by atoms with Crippen LogP contribution in [0.15, 0.2) is 23.8 Å². The van der Waals surface area contributed by atoms with Gasteiger partial charge in [0.1, 0.15) is 5.82 Å². The molecule has 0 saturated carbocycles. The van der Waals surface area contributed by atoms with Crippen LogP contribution in [0.2, 0.25) is 0 Å². The van der Waals surface area contributed by atoms with Crippen molar-refractivity contribution in [1.29, 1.82) is 0 Å². The Morgan fingerprint density at radius 3 is 2.43 bits per heavy atom. The van der Waals surface area contributed by atoms with Gasteiger partial charge in [0.25, 0.3) is 0 Å². The minimum atomic E-state index is -0.664. The summed E-state index contributed by atoms with van der Waals surface area (Å²) in [7, 11) is 0. The second-order valence-corrected chi connectivity index (χ2v) is 7.01. The smallest absolute Gasteiger partial charge is 0.126 e. The van der Waals surface area contributed by atoms with E-state index in [1.165, 1.54) is 11.6 Å². The van der Waals surface area contributed by atoms with Gasteiger partial charge in [-0.1, -0.05) is 32.4 Å². The highest BCUT2D eigenvalue weighted by Crippen LogP contribution is 2.34. The fourth-order valence-corrected chi connectivity index (χ4v) is 2.86. The molecule has 0 aliphatic carbocycles. The van der Waals surface area contributed by atoms with Crippen molar-refractivity contribution in [1.82, 2.24) is 0 Å². The molecule has 2 rings (SSSR count). The van der Waals surface area contributed by atoms with E-state index in [4.69, 9.17) is 0 Å². The molecule has 0 radical (unpaired) electrons. The molecule has 1 aromatic rings. The van der Waals surface area contributed by atoms with Crippen molar-refractivity contribution in [2.45, 2.75) is 47.1 Å². The van der Waals surface area contributed by atoms with E-state index >= 15 is 0 Å². The molecule has 1 heterocycles. The number of aliphatic hydroxyl groups excluding tert-OH is 1. The van der Waals surface area contributed by atoms with E-state index < -0.39 is 6.10 Å². The summed E-state index contributed by atoms with van der Waals surface area (Å²) in [5, 5.41) is 9.92. The maximum absolute atomic E-state index is 13.8. The molecule has 0 fully saturated rings. The molecule has 3 heteroatoms. The zero-order valence-electron chi connectivity index (χ0n) is 13.7. The second-order valence-electron chi connectivity index (χ2n) is 7.01. The predicted molar refractivity (Wildman–Crippen MR) is 86.1 cm³/mol. The van der Waals surface area contributed by atoms with Gasteiger partial charge in [-0.25, -0.2) is 4.39 Å². The Bertz CT molecular complexity index is 555. The highest BCUT2D eigenvalue weighted by Gasteiger charge is 2.23. The lowest BCUT2D eigenvalue weighted by atomic mass is 9.83. The lowest BCUT2D eigenvalue weighted by Crippen LogP contribution is -2.32. The van der Waals surface area contributed by atoms with Gasteiger partial charge >= 0.3 is 0 Å². The van der Waals surface area contributed by atoms with Crippen molar-refractivity contribution in [3.05, 3.63) is 40.7 Å². The van der Waals surface area contributed by atoms with Gasteiger partial charge in [-0.2, -0.15) is 0 Å². The zero-order valence-corrected chi connectivity index (χ0v) is 13.7. The van der Waals surface area contributed by atoms with Crippen LogP contribution in [0, 0.1) is 18.2 Å². The van der Waals surface area contributed by atoms with Crippen LogP contribution in [0.5, 0.6) is 0 Å². The summed E-state index contributed by atoms with van der Waals surface area (Å²) in [6, 6.07) is 3.33. The Morgan fingerprint density at radius 2 is 1.95 bits per heavy atom. The molecule has 0 bridgehead atoms. The molecule has 1 aliphatic heterocycles. The van der Waals surface area contributed by atoms with Gasteiger partial charge < -0.3 is 10.0 Å². The van der Waals surface area contributed by atoms with Crippen LogP contribution in [-0.2, 0) is 0 Å². The van der Waals surface area contributed by atoms with E-state index in [1.54, 1.807) is 13.8 Å². The number of benzene rings is 1. The first-order chi connectivity index (χ1) is 9.70. The van der Waals surface area contributed by atoms with E-state index in [-0.39, 0.29) is 11.2 Å². The fourth-order valence-electron chi connectivity index (χ4n) is 2.86. The van der Waals surface area contributed by atoms with Crippen molar-refractivity contribution >= 4 is 5.69 Å². The number of aliphatic hydroxyl groups is 1. The van der Waals surface area contributed by atoms with Crippen molar-refractivity contribution in [3.63, 3.8) is 0 Å². The van der Waals surface area contributed by atoms with Crippen LogP contribution in [0.25, 0.3) is 0 Å². The standard InChI is InChI=1S/C18H26FNO/c1-12-10-17(15(13(2)21)11-16(12)19)20-8-6-14(7-9-20)18(3,4)5/h6,10-11,13,21H,7-9H2,1-5H3. The molecule has 1 N–H and O–H groups in total. The van der Waals surface area contributed by atoms with Crippen LogP contribution >= 0.6 is 0 Å². The number of halogens is 1. The number of rotatable bonds is 2. The molecule has 1 atom stereocenters. The van der Waals surface area contributed by atoms with E-state index in [1.807, 2.05) is 6.07 Å². The minimum Gasteiger partial charge on any atom is -0.389 e. The number of hydrogen-bond acceptors (Lipinski definition) is 2. The maximum Gasteiger partial charge on any atom is 0.126 e. The molecule has 116 valence electrons. The average molecular weight is 291 g/mol. The topological polar surface area (TPSA) is 23.5 Å². The Hall–Kier alpha value is -1.35. The summed E-state index contributed by atoms with van der Waals surface area (Å²) in [6.45, 7) is 11.9. The molecule has 2 nitrogen and oxygen atoms in total. The van der Waals surface area contributed by atoms with Gasteiger partial charge in [0.2, 0.25) is 0 Å². The van der Waals surface area contributed by atoms with Crippen molar-refractivity contribution in [2.75, 3.05) is 18.0 Å².